The molecule has 0 bridgehead atoms. The van der Waals surface area contributed by atoms with Crippen molar-refractivity contribution in [2.45, 2.75) is 46.7 Å². The maximum absolute atomic E-state index is 12.2. The molecule has 1 unspecified atom stereocenters. The normalized spacial score (nSPS) is 11.9. The summed E-state index contributed by atoms with van der Waals surface area (Å²) in [5.74, 6) is -0.415. The first-order chi connectivity index (χ1) is 9.85. The second-order valence-corrected chi connectivity index (χ2v) is 5.42. The van der Waals surface area contributed by atoms with Gasteiger partial charge >= 0.3 is 0 Å². The van der Waals surface area contributed by atoms with Crippen molar-refractivity contribution in [2.24, 2.45) is 0 Å². The van der Waals surface area contributed by atoms with E-state index in [-0.39, 0.29) is 17.9 Å². The van der Waals surface area contributed by atoms with Crippen molar-refractivity contribution in [2.75, 3.05) is 11.9 Å². The fraction of sp³-hybridized carbons (Fsp3) is 0.500. The summed E-state index contributed by atoms with van der Waals surface area (Å²) in [7, 11) is 0. The van der Waals surface area contributed by atoms with Gasteiger partial charge < -0.3 is 16.0 Å². The van der Waals surface area contributed by atoms with Crippen molar-refractivity contribution in [3.05, 3.63) is 29.3 Å². The van der Waals surface area contributed by atoms with Crippen LogP contribution in [-0.4, -0.2) is 30.4 Å². The third-order valence-corrected chi connectivity index (χ3v) is 3.02. The lowest BCUT2D eigenvalue weighted by Gasteiger charge is -2.17. The van der Waals surface area contributed by atoms with E-state index in [1.54, 1.807) is 13.0 Å². The van der Waals surface area contributed by atoms with Crippen molar-refractivity contribution in [3.8, 4) is 0 Å². The predicted octanol–water partition coefficient (Wildman–Crippen LogP) is 2.07. The van der Waals surface area contributed by atoms with E-state index in [1.807, 2.05) is 39.8 Å². The average molecular weight is 291 g/mol. The van der Waals surface area contributed by atoms with Crippen molar-refractivity contribution in [3.63, 3.8) is 0 Å². The molecule has 5 heteroatoms. The number of amides is 2. The van der Waals surface area contributed by atoms with Crippen molar-refractivity contribution in [1.29, 1.82) is 0 Å². The second-order valence-electron chi connectivity index (χ2n) is 5.42. The topological polar surface area (TPSA) is 70.2 Å². The molecule has 5 nitrogen and oxygen atoms in total. The van der Waals surface area contributed by atoms with Crippen LogP contribution in [0.2, 0.25) is 0 Å². The summed E-state index contributed by atoms with van der Waals surface area (Å²) in [6, 6.07) is 5.06. The molecule has 0 aliphatic carbocycles. The molecule has 3 N–H and O–H groups in total. The summed E-state index contributed by atoms with van der Waals surface area (Å²) >= 11 is 0. The molecule has 1 aromatic carbocycles. The van der Waals surface area contributed by atoms with Gasteiger partial charge in [0.15, 0.2) is 0 Å². The van der Waals surface area contributed by atoms with Crippen LogP contribution in [-0.2, 0) is 4.79 Å². The van der Waals surface area contributed by atoms with Crippen molar-refractivity contribution >= 4 is 17.5 Å². The quantitative estimate of drug-likeness (QED) is 0.751. The Hall–Kier alpha value is -2.04. The zero-order chi connectivity index (χ0) is 16.0. The second kappa shape index (κ2) is 7.67. The van der Waals surface area contributed by atoms with Gasteiger partial charge in [0.05, 0.1) is 0 Å². The van der Waals surface area contributed by atoms with E-state index in [0.717, 1.165) is 17.8 Å². The smallest absolute Gasteiger partial charge is 0.252 e. The van der Waals surface area contributed by atoms with E-state index in [4.69, 9.17) is 0 Å². The number of rotatable bonds is 6. The summed E-state index contributed by atoms with van der Waals surface area (Å²) in [6.07, 6.45) is 0. The SMILES string of the molecule is CCNc1ccc(C(=O)NC(C)C(=O)NC(C)C)c(C)c1. The van der Waals surface area contributed by atoms with Crippen molar-refractivity contribution < 1.29 is 9.59 Å². The minimum Gasteiger partial charge on any atom is -0.385 e. The van der Waals surface area contributed by atoms with Gasteiger partial charge in [0, 0.05) is 23.8 Å². The van der Waals surface area contributed by atoms with Crippen LogP contribution in [0.5, 0.6) is 0 Å². The maximum Gasteiger partial charge on any atom is 0.252 e. The van der Waals surface area contributed by atoms with Gasteiger partial charge in [-0.05, 0) is 58.4 Å². The molecule has 0 aliphatic heterocycles. The van der Waals surface area contributed by atoms with Crippen LogP contribution >= 0.6 is 0 Å². The van der Waals surface area contributed by atoms with Gasteiger partial charge in [0.2, 0.25) is 5.91 Å². The van der Waals surface area contributed by atoms with Crippen molar-refractivity contribution in [1.82, 2.24) is 10.6 Å². The highest BCUT2D eigenvalue weighted by Gasteiger charge is 2.18. The molecule has 1 rings (SSSR count). The minimum atomic E-state index is -0.562. The molecule has 0 spiro atoms. The monoisotopic (exact) mass is 291 g/mol. The fourth-order valence-corrected chi connectivity index (χ4v) is 1.98. The Kier molecular flexibility index (Phi) is 6.21. The van der Waals surface area contributed by atoms with E-state index in [9.17, 15) is 9.59 Å². The molecule has 0 saturated heterocycles. The maximum atomic E-state index is 12.2. The third kappa shape index (κ3) is 5.10. The third-order valence-electron chi connectivity index (χ3n) is 3.02. The first kappa shape index (κ1) is 17.0. The van der Waals surface area contributed by atoms with Crippen LogP contribution in [0.4, 0.5) is 5.69 Å². The molecule has 1 atom stereocenters. The van der Waals surface area contributed by atoms with Gasteiger partial charge in [-0.1, -0.05) is 0 Å². The molecular formula is C16H25N3O2. The minimum absolute atomic E-state index is 0.0537. The van der Waals surface area contributed by atoms with E-state index < -0.39 is 6.04 Å². The Balaban J connectivity index is 2.73. The molecule has 0 heterocycles. The number of nitrogens with one attached hydrogen (secondary N) is 3. The summed E-state index contributed by atoms with van der Waals surface area (Å²) in [6.45, 7) is 10.2. The van der Waals surface area contributed by atoms with Gasteiger partial charge in [-0.15, -0.1) is 0 Å². The highest BCUT2D eigenvalue weighted by molar-refractivity contribution is 5.98. The lowest BCUT2D eigenvalue weighted by atomic mass is 10.1. The van der Waals surface area contributed by atoms with Gasteiger partial charge in [-0.25, -0.2) is 0 Å². The number of hydrogen-bond acceptors (Lipinski definition) is 3. The standard InChI is InChI=1S/C16H25N3O2/c1-6-17-13-7-8-14(11(4)9-13)16(21)19-12(5)15(20)18-10(2)3/h7-10,12,17H,6H2,1-5H3,(H,18,20)(H,19,21). The molecule has 116 valence electrons. The van der Waals surface area contributed by atoms with Crippen LogP contribution in [0.3, 0.4) is 0 Å². The van der Waals surface area contributed by atoms with Gasteiger partial charge in [-0.3, -0.25) is 9.59 Å². The molecular weight excluding hydrogens is 266 g/mol. The molecule has 0 aliphatic rings. The molecule has 0 aromatic heterocycles. The Bertz CT molecular complexity index is 512. The largest absolute Gasteiger partial charge is 0.385 e. The van der Waals surface area contributed by atoms with Crippen LogP contribution in [0, 0.1) is 6.92 Å². The van der Waals surface area contributed by atoms with E-state index in [2.05, 4.69) is 16.0 Å². The lowest BCUT2D eigenvalue weighted by molar-refractivity contribution is -0.123. The van der Waals surface area contributed by atoms with Crippen LogP contribution < -0.4 is 16.0 Å². The highest BCUT2D eigenvalue weighted by atomic mass is 16.2. The molecule has 0 fully saturated rings. The molecule has 0 saturated carbocycles. The first-order valence-corrected chi connectivity index (χ1v) is 7.31. The number of benzene rings is 1. The van der Waals surface area contributed by atoms with Crippen LogP contribution in [0.1, 0.15) is 43.6 Å². The first-order valence-electron chi connectivity index (χ1n) is 7.31. The summed E-state index contributed by atoms with van der Waals surface area (Å²) in [5, 5.41) is 8.70. The zero-order valence-electron chi connectivity index (χ0n) is 13.4. The average Bonchev–Trinajstić information content (AvgIpc) is 2.38. The van der Waals surface area contributed by atoms with Gasteiger partial charge in [-0.2, -0.15) is 0 Å². The predicted molar refractivity (Wildman–Crippen MR) is 85.5 cm³/mol. The molecule has 0 radical (unpaired) electrons. The van der Waals surface area contributed by atoms with E-state index in [1.165, 1.54) is 0 Å². The Labute approximate surface area is 126 Å². The molecule has 21 heavy (non-hydrogen) atoms. The van der Waals surface area contributed by atoms with Crippen LogP contribution in [0.15, 0.2) is 18.2 Å². The number of carbonyl (C=O) groups is 2. The summed E-state index contributed by atoms with van der Waals surface area (Å²) in [5.41, 5.74) is 2.44. The lowest BCUT2D eigenvalue weighted by Crippen LogP contribution is -2.46. The molecule has 1 aromatic rings. The summed E-state index contributed by atoms with van der Waals surface area (Å²) in [4.78, 5) is 24.0. The Morgan fingerprint density at radius 2 is 1.81 bits per heavy atom. The fourth-order valence-electron chi connectivity index (χ4n) is 1.98. The Morgan fingerprint density at radius 3 is 2.33 bits per heavy atom. The van der Waals surface area contributed by atoms with Crippen LogP contribution in [0.25, 0.3) is 0 Å². The number of carbonyl (C=O) groups excluding carboxylic acids is 2. The number of hydrogen-bond donors (Lipinski definition) is 3. The number of aryl methyl sites for hydroxylation is 1. The van der Waals surface area contributed by atoms with E-state index >= 15 is 0 Å². The summed E-state index contributed by atoms with van der Waals surface area (Å²) < 4.78 is 0. The van der Waals surface area contributed by atoms with E-state index in [0.29, 0.717) is 5.56 Å². The zero-order valence-corrected chi connectivity index (χ0v) is 13.4. The molecule has 2 amide bonds. The highest BCUT2D eigenvalue weighted by Crippen LogP contribution is 2.15. The van der Waals surface area contributed by atoms with Gasteiger partial charge in [0.1, 0.15) is 6.04 Å². The Morgan fingerprint density at radius 1 is 1.14 bits per heavy atom. The van der Waals surface area contributed by atoms with Gasteiger partial charge in [0.25, 0.3) is 5.91 Å². The number of anilines is 1.